The van der Waals surface area contributed by atoms with E-state index in [4.69, 9.17) is 9.73 Å². The van der Waals surface area contributed by atoms with Gasteiger partial charge in [0.25, 0.3) is 0 Å². The molecule has 2 aliphatic heterocycles. The fourth-order valence-corrected chi connectivity index (χ4v) is 3.51. The van der Waals surface area contributed by atoms with E-state index in [1.807, 2.05) is 24.4 Å². The first kappa shape index (κ1) is 13.4. The van der Waals surface area contributed by atoms with Crippen LogP contribution in [0.4, 0.5) is 0 Å². The number of fused-ring (bicyclic) bond motifs is 2. The number of aliphatic imine (C=N–C) groups is 1. The lowest BCUT2D eigenvalue weighted by atomic mass is 10.0. The molecule has 3 aliphatic rings. The van der Waals surface area contributed by atoms with Gasteiger partial charge < -0.3 is 10.1 Å². The van der Waals surface area contributed by atoms with Crippen molar-refractivity contribution in [2.24, 2.45) is 4.99 Å². The topological polar surface area (TPSA) is 46.5 Å². The Kier molecular flexibility index (Phi) is 3.35. The minimum atomic E-state index is 0.0333. The SMILES string of the molecule is Cc1cccnc1CSC1=NC2C=CC3=CC=COC3=C2N1. The van der Waals surface area contributed by atoms with E-state index in [2.05, 4.69) is 35.4 Å². The summed E-state index contributed by atoms with van der Waals surface area (Å²) in [5.41, 5.74) is 4.41. The normalized spacial score (nSPS) is 21.6. The highest BCUT2D eigenvalue weighted by Gasteiger charge is 2.30. The van der Waals surface area contributed by atoms with Gasteiger partial charge in [0.05, 0.1) is 17.7 Å². The van der Waals surface area contributed by atoms with Crippen molar-refractivity contribution in [3.05, 3.63) is 77.2 Å². The van der Waals surface area contributed by atoms with Crippen LogP contribution in [0.2, 0.25) is 0 Å². The Labute approximate surface area is 133 Å². The number of thioether (sulfide) groups is 1. The van der Waals surface area contributed by atoms with E-state index >= 15 is 0 Å². The number of rotatable bonds is 2. The van der Waals surface area contributed by atoms with Crippen LogP contribution in [-0.4, -0.2) is 16.2 Å². The smallest absolute Gasteiger partial charge is 0.162 e. The second-order valence-electron chi connectivity index (χ2n) is 5.23. The highest BCUT2D eigenvalue weighted by atomic mass is 32.2. The van der Waals surface area contributed by atoms with Crippen molar-refractivity contribution in [1.29, 1.82) is 0 Å². The second kappa shape index (κ2) is 5.50. The van der Waals surface area contributed by atoms with Crippen molar-refractivity contribution in [1.82, 2.24) is 10.3 Å². The first-order valence-corrected chi connectivity index (χ1v) is 8.14. The van der Waals surface area contributed by atoms with E-state index in [1.165, 1.54) is 5.56 Å². The van der Waals surface area contributed by atoms with E-state index in [9.17, 15) is 0 Å². The molecule has 1 atom stereocenters. The molecule has 0 saturated carbocycles. The van der Waals surface area contributed by atoms with Gasteiger partial charge >= 0.3 is 0 Å². The number of hydrogen-bond acceptors (Lipinski definition) is 5. The van der Waals surface area contributed by atoms with Gasteiger partial charge in [-0.2, -0.15) is 0 Å². The van der Waals surface area contributed by atoms with Gasteiger partial charge in [-0.25, -0.2) is 4.99 Å². The summed E-state index contributed by atoms with van der Waals surface area (Å²) < 4.78 is 5.65. The maximum atomic E-state index is 5.65. The number of hydrogen-bond donors (Lipinski definition) is 1. The van der Waals surface area contributed by atoms with Crippen LogP contribution in [0.15, 0.2) is 70.9 Å². The van der Waals surface area contributed by atoms with Crippen molar-refractivity contribution < 1.29 is 4.74 Å². The molecule has 0 aromatic carbocycles. The number of aryl methyl sites for hydroxylation is 1. The molecule has 4 nitrogen and oxygen atoms in total. The van der Waals surface area contributed by atoms with E-state index in [-0.39, 0.29) is 6.04 Å². The molecule has 1 aliphatic carbocycles. The van der Waals surface area contributed by atoms with Crippen LogP contribution in [0.3, 0.4) is 0 Å². The largest absolute Gasteiger partial charge is 0.462 e. The Morgan fingerprint density at radius 3 is 3.27 bits per heavy atom. The quantitative estimate of drug-likeness (QED) is 0.911. The molecule has 3 heterocycles. The lowest BCUT2D eigenvalue weighted by Gasteiger charge is -2.20. The van der Waals surface area contributed by atoms with Crippen LogP contribution in [0.1, 0.15) is 11.3 Å². The molecule has 5 heteroatoms. The maximum Gasteiger partial charge on any atom is 0.162 e. The fourth-order valence-electron chi connectivity index (χ4n) is 2.56. The maximum absolute atomic E-state index is 5.65. The van der Waals surface area contributed by atoms with Crippen LogP contribution in [0.25, 0.3) is 0 Å². The fraction of sp³-hybridized carbons (Fsp3) is 0.176. The zero-order valence-electron chi connectivity index (χ0n) is 12.1. The summed E-state index contributed by atoms with van der Waals surface area (Å²) in [6, 6.07) is 4.08. The van der Waals surface area contributed by atoms with Gasteiger partial charge in [0, 0.05) is 17.5 Å². The van der Waals surface area contributed by atoms with Crippen LogP contribution in [0.5, 0.6) is 0 Å². The molecule has 22 heavy (non-hydrogen) atoms. The molecule has 0 bridgehead atoms. The molecule has 1 N–H and O–H groups in total. The molecule has 1 aromatic rings. The minimum absolute atomic E-state index is 0.0333. The number of amidine groups is 1. The first-order valence-electron chi connectivity index (χ1n) is 7.15. The molecule has 0 saturated heterocycles. The van der Waals surface area contributed by atoms with Crippen molar-refractivity contribution in [3.8, 4) is 0 Å². The predicted molar refractivity (Wildman–Crippen MR) is 89.1 cm³/mol. The number of nitrogens with one attached hydrogen (secondary N) is 1. The number of aromatic nitrogens is 1. The van der Waals surface area contributed by atoms with Gasteiger partial charge in [-0.05, 0) is 30.7 Å². The van der Waals surface area contributed by atoms with E-state index in [0.29, 0.717) is 0 Å². The predicted octanol–water partition coefficient (Wildman–Crippen LogP) is 3.20. The third-order valence-corrected chi connectivity index (χ3v) is 4.66. The monoisotopic (exact) mass is 309 g/mol. The number of pyridine rings is 1. The second-order valence-corrected chi connectivity index (χ2v) is 6.19. The molecule has 1 aromatic heterocycles. The Hall–Kier alpha value is -2.27. The van der Waals surface area contributed by atoms with Gasteiger partial charge in [-0.15, -0.1) is 0 Å². The number of allylic oxidation sites excluding steroid dienone is 3. The van der Waals surface area contributed by atoms with Gasteiger partial charge in [0.2, 0.25) is 0 Å². The highest BCUT2D eigenvalue weighted by molar-refractivity contribution is 8.13. The average molecular weight is 309 g/mol. The summed E-state index contributed by atoms with van der Waals surface area (Å²) in [5.74, 6) is 1.68. The average Bonchev–Trinajstić information content (AvgIpc) is 2.98. The zero-order valence-corrected chi connectivity index (χ0v) is 12.9. The first-order chi connectivity index (χ1) is 10.8. The molecule has 0 spiro atoms. The number of ether oxygens (including phenoxy) is 1. The molecular weight excluding hydrogens is 294 g/mol. The lowest BCUT2D eigenvalue weighted by molar-refractivity contribution is 0.348. The Bertz CT molecular complexity index is 774. The third-order valence-electron chi connectivity index (χ3n) is 3.76. The van der Waals surface area contributed by atoms with Crippen molar-refractivity contribution >= 4 is 16.9 Å². The third kappa shape index (κ3) is 2.37. The highest BCUT2D eigenvalue weighted by Crippen LogP contribution is 2.32. The number of nitrogens with zero attached hydrogens (tertiary/aromatic N) is 2. The van der Waals surface area contributed by atoms with Crippen LogP contribution < -0.4 is 5.32 Å². The summed E-state index contributed by atoms with van der Waals surface area (Å²) in [6.07, 6.45) is 11.6. The van der Waals surface area contributed by atoms with Gasteiger partial charge in [0.1, 0.15) is 6.04 Å². The summed E-state index contributed by atoms with van der Waals surface area (Å²) >= 11 is 1.67. The molecular formula is C17H15N3OS. The molecule has 1 unspecified atom stereocenters. The van der Waals surface area contributed by atoms with E-state index in [1.54, 1.807) is 18.0 Å². The van der Waals surface area contributed by atoms with E-state index < -0.39 is 0 Å². The van der Waals surface area contributed by atoms with Crippen molar-refractivity contribution in [2.75, 3.05) is 0 Å². The molecule has 110 valence electrons. The Balaban J connectivity index is 1.50. The zero-order chi connectivity index (χ0) is 14.9. The molecule has 0 radical (unpaired) electrons. The van der Waals surface area contributed by atoms with Gasteiger partial charge in [0.15, 0.2) is 10.9 Å². The Morgan fingerprint density at radius 1 is 1.41 bits per heavy atom. The van der Waals surface area contributed by atoms with Crippen LogP contribution in [0, 0.1) is 6.92 Å². The molecule has 0 amide bonds. The van der Waals surface area contributed by atoms with Gasteiger partial charge in [-0.1, -0.05) is 30.0 Å². The Morgan fingerprint density at radius 2 is 2.36 bits per heavy atom. The summed E-state index contributed by atoms with van der Waals surface area (Å²) in [6.45, 7) is 2.08. The summed E-state index contributed by atoms with van der Waals surface area (Å²) in [5, 5.41) is 4.31. The van der Waals surface area contributed by atoms with Crippen molar-refractivity contribution in [3.63, 3.8) is 0 Å². The lowest BCUT2D eigenvalue weighted by Crippen LogP contribution is -2.22. The molecule has 4 rings (SSSR count). The van der Waals surface area contributed by atoms with Crippen molar-refractivity contribution in [2.45, 2.75) is 18.7 Å². The van der Waals surface area contributed by atoms with Crippen LogP contribution in [-0.2, 0) is 10.5 Å². The van der Waals surface area contributed by atoms with Crippen LogP contribution >= 0.6 is 11.8 Å². The standard InChI is InChI=1S/C17H15N3OS/c1-11-4-2-8-18-14(11)10-22-17-19-13-7-6-12-5-3-9-21-16(12)15(13)20-17/h2-9,13H,10H2,1H3,(H,19,20). The summed E-state index contributed by atoms with van der Waals surface area (Å²) in [4.78, 5) is 9.13. The molecule has 0 fully saturated rings. The van der Waals surface area contributed by atoms with E-state index in [0.717, 1.165) is 33.6 Å². The minimum Gasteiger partial charge on any atom is -0.462 e. The summed E-state index contributed by atoms with van der Waals surface area (Å²) in [7, 11) is 0. The van der Waals surface area contributed by atoms with Gasteiger partial charge in [-0.3, -0.25) is 4.98 Å².